The van der Waals surface area contributed by atoms with E-state index in [0.29, 0.717) is 17.9 Å². The standard InChI is InChI=1S/C48H45N7O4/c1-59-47(58)53-42(36-10-4-2-5-11-36)45(56)54-28-8-14-40(54)43-49-30-38(51-43)34-22-18-32(19-23-34)16-17-33-20-24-35(25-21-33)39-31-50-44(52-39)41-15-9-29-55(41)46(57)48(26-27-48)37-12-6-3-7-13-37/h2-7,10-13,18-25,30-31,40-42H,8-9,14-15,26-29H2,1H3,(H,49,51)(H,50,52)(H,53,58). The minimum Gasteiger partial charge on any atom is -0.453 e. The van der Waals surface area contributed by atoms with Crippen molar-refractivity contribution in [3.8, 4) is 34.4 Å². The van der Waals surface area contributed by atoms with Crippen molar-refractivity contribution in [1.82, 2.24) is 35.1 Å². The molecule has 3 fully saturated rings. The van der Waals surface area contributed by atoms with E-state index >= 15 is 0 Å². The van der Waals surface area contributed by atoms with Gasteiger partial charge in [0.05, 0.1) is 48.4 Å². The lowest BCUT2D eigenvalue weighted by Crippen LogP contribution is -2.42. The van der Waals surface area contributed by atoms with Crippen LogP contribution >= 0.6 is 0 Å². The van der Waals surface area contributed by atoms with Crippen LogP contribution < -0.4 is 5.32 Å². The van der Waals surface area contributed by atoms with Gasteiger partial charge in [-0.1, -0.05) is 96.8 Å². The fraction of sp³-hybridized carbons (Fsp3) is 0.271. The van der Waals surface area contributed by atoms with Crippen LogP contribution in [0.25, 0.3) is 22.5 Å². The Morgan fingerprint density at radius 1 is 0.712 bits per heavy atom. The Hall–Kier alpha value is -6.93. The number of aromatic amines is 2. The third-order valence-corrected chi connectivity index (χ3v) is 11.9. The Morgan fingerprint density at radius 3 is 1.75 bits per heavy atom. The number of amides is 3. The molecule has 11 nitrogen and oxygen atoms in total. The number of carbonyl (C=O) groups excluding carboxylic acids is 3. The van der Waals surface area contributed by atoms with Gasteiger partial charge in [-0.05, 0) is 85.0 Å². The van der Waals surface area contributed by atoms with E-state index in [4.69, 9.17) is 9.72 Å². The highest BCUT2D eigenvalue weighted by Crippen LogP contribution is 2.51. The smallest absolute Gasteiger partial charge is 0.407 e. The number of rotatable bonds is 9. The second kappa shape index (κ2) is 16.1. The summed E-state index contributed by atoms with van der Waals surface area (Å²) in [5.41, 5.74) is 6.92. The molecule has 0 spiro atoms. The zero-order chi connectivity index (χ0) is 40.3. The number of H-pyrrole nitrogens is 2. The largest absolute Gasteiger partial charge is 0.453 e. The Labute approximate surface area is 343 Å². The molecule has 6 aromatic rings. The number of carbonyl (C=O) groups is 3. The number of methoxy groups -OCH3 is 1. The van der Waals surface area contributed by atoms with Gasteiger partial charge in [0.2, 0.25) is 5.91 Å². The number of nitrogens with one attached hydrogen (secondary N) is 3. The monoisotopic (exact) mass is 783 g/mol. The van der Waals surface area contributed by atoms with E-state index in [2.05, 4.69) is 44.2 Å². The van der Waals surface area contributed by atoms with E-state index in [-0.39, 0.29) is 29.3 Å². The summed E-state index contributed by atoms with van der Waals surface area (Å²) in [6.45, 7) is 1.32. The van der Waals surface area contributed by atoms with Gasteiger partial charge >= 0.3 is 6.09 Å². The number of likely N-dealkylation sites (tertiary alicyclic amines) is 2. The molecule has 0 radical (unpaired) electrons. The number of hydrogen-bond acceptors (Lipinski definition) is 6. The minimum atomic E-state index is -0.873. The van der Waals surface area contributed by atoms with E-state index in [0.717, 1.165) is 90.1 Å². The summed E-state index contributed by atoms with van der Waals surface area (Å²) in [6, 6.07) is 34.3. The molecule has 3 unspecified atom stereocenters. The highest BCUT2D eigenvalue weighted by molar-refractivity contribution is 5.92. The number of imidazole rings is 2. The van der Waals surface area contributed by atoms with Crippen LogP contribution in [0.5, 0.6) is 0 Å². The van der Waals surface area contributed by atoms with Crippen molar-refractivity contribution >= 4 is 17.9 Å². The normalized spacial score (nSPS) is 18.5. The Bertz CT molecular complexity index is 2520. The molecular formula is C48H45N7O4. The van der Waals surface area contributed by atoms with E-state index in [1.165, 1.54) is 7.11 Å². The van der Waals surface area contributed by atoms with Crippen molar-refractivity contribution in [2.24, 2.45) is 0 Å². The van der Waals surface area contributed by atoms with Crippen LogP contribution in [0.4, 0.5) is 4.79 Å². The van der Waals surface area contributed by atoms with Gasteiger partial charge in [0.15, 0.2) is 0 Å². The predicted octanol–water partition coefficient (Wildman–Crippen LogP) is 8.02. The van der Waals surface area contributed by atoms with Crippen molar-refractivity contribution in [3.05, 3.63) is 155 Å². The molecule has 59 heavy (non-hydrogen) atoms. The molecule has 3 aliphatic rings. The third kappa shape index (κ3) is 7.62. The van der Waals surface area contributed by atoms with Crippen LogP contribution in [0.3, 0.4) is 0 Å². The van der Waals surface area contributed by atoms with Crippen LogP contribution in [0.1, 0.15) is 90.6 Å². The number of aromatic nitrogens is 4. The van der Waals surface area contributed by atoms with Gasteiger partial charge in [0, 0.05) is 24.2 Å². The fourth-order valence-corrected chi connectivity index (χ4v) is 8.58. The molecule has 3 N–H and O–H groups in total. The maximum absolute atomic E-state index is 13.9. The van der Waals surface area contributed by atoms with Crippen molar-refractivity contribution in [2.45, 2.75) is 62.1 Å². The van der Waals surface area contributed by atoms with Gasteiger partial charge in [-0.15, -0.1) is 0 Å². The number of hydrogen-bond donors (Lipinski definition) is 3. The quantitative estimate of drug-likeness (QED) is 0.127. The van der Waals surface area contributed by atoms with Gasteiger partial charge in [0.25, 0.3) is 5.91 Å². The SMILES string of the molecule is COC(=O)NC(C(=O)N1CCCC1c1ncc(-c2ccc(C#Cc3ccc(-c4cnc(C5CCCN5C(=O)C5(c6ccccc6)CC5)[nH]4)cc3)cc2)[nH]1)c1ccccc1. The van der Waals surface area contributed by atoms with Gasteiger partial charge in [-0.3, -0.25) is 9.59 Å². The van der Waals surface area contributed by atoms with Crippen LogP contribution in [-0.2, 0) is 19.7 Å². The molecule has 1 saturated carbocycles. The summed E-state index contributed by atoms with van der Waals surface area (Å²) in [7, 11) is 1.28. The van der Waals surface area contributed by atoms with E-state index < -0.39 is 12.1 Å². The summed E-state index contributed by atoms with van der Waals surface area (Å²) in [4.78, 5) is 60.2. The lowest BCUT2D eigenvalue weighted by molar-refractivity contribution is -0.135. The van der Waals surface area contributed by atoms with Crippen molar-refractivity contribution in [2.75, 3.05) is 20.2 Å². The average molecular weight is 784 g/mol. The summed E-state index contributed by atoms with van der Waals surface area (Å²) in [6.07, 6.45) is 8.24. The Balaban J connectivity index is 0.833. The summed E-state index contributed by atoms with van der Waals surface area (Å²) >= 11 is 0. The molecule has 3 atom stereocenters. The first kappa shape index (κ1) is 37.6. The maximum atomic E-state index is 13.9. The molecule has 4 aromatic carbocycles. The Kier molecular flexibility index (Phi) is 10.3. The van der Waals surface area contributed by atoms with Crippen LogP contribution in [0, 0.1) is 11.8 Å². The van der Waals surface area contributed by atoms with E-state index in [1.807, 2.05) is 108 Å². The number of alkyl carbamates (subject to hydrolysis) is 1. The molecule has 4 heterocycles. The van der Waals surface area contributed by atoms with Gasteiger partial charge in [-0.2, -0.15) is 0 Å². The predicted molar refractivity (Wildman–Crippen MR) is 223 cm³/mol. The molecule has 296 valence electrons. The molecule has 2 aliphatic heterocycles. The molecule has 11 heteroatoms. The van der Waals surface area contributed by atoms with Crippen LogP contribution in [-0.4, -0.2) is 67.8 Å². The summed E-state index contributed by atoms with van der Waals surface area (Å²) < 4.78 is 4.82. The average Bonchev–Trinajstić information content (AvgIpc) is 3.82. The minimum absolute atomic E-state index is 0.0472. The topological polar surface area (TPSA) is 136 Å². The Morgan fingerprint density at radius 2 is 1.22 bits per heavy atom. The second-order valence-corrected chi connectivity index (χ2v) is 15.5. The maximum Gasteiger partial charge on any atom is 0.407 e. The first-order valence-electron chi connectivity index (χ1n) is 20.3. The van der Waals surface area contributed by atoms with Crippen molar-refractivity contribution in [3.63, 3.8) is 0 Å². The van der Waals surface area contributed by atoms with Crippen molar-refractivity contribution in [1.29, 1.82) is 0 Å². The lowest BCUT2D eigenvalue weighted by Gasteiger charge is -2.28. The second-order valence-electron chi connectivity index (χ2n) is 15.5. The lowest BCUT2D eigenvalue weighted by atomic mass is 9.94. The first-order chi connectivity index (χ1) is 28.9. The van der Waals surface area contributed by atoms with Crippen LogP contribution in [0.15, 0.2) is 122 Å². The highest BCUT2D eigenvalue weighted by Gasteiger charge is 2.54. The molecule has 2 saturated heterocycles. The molecular weight excluding hydrogens is 739 g/mol. The van der Waals surface area contributed by atoms with E-state index in [9.17, 15) is 14.4 Å². The number of ether oxygens (including phenoxy) is 1. The zero-order valence-corrected chi connectivity index (χ0v) is 32.9. The summed E-state index contributed by atoms with van der Waals surface area (Å²) in [5.74, 6) is 8.12. The van der Waals surface area contributed by atoms with Gasteiger partial charge in [-0.25, -0.2) is 14.8 Å². The first-order valence-corrected chi connectivity index (χ1v) is 20.3. The number of nitrogens with zero attached hydrogens (tertiary/aromatic N) is 4. The molecule has 3 amide bonds. The van der Waals surface area contributed by atoms with Crippen molar-refractivity contribution < 1.29 is 19.1 Å². The van der Waals surface area contributed by atoms with Crippen LogP contribution in [0.2, 0.25) is 0 Å². The highest BCUT2D eigenvalue weighted by atomic mass is 16.5. The molecule has 9 rings (SSSR count). The third-order valence-electron chi connectivity index (χ3n) is 11.9. The molecule has 0 bridgehead atoms. The number of benzene rings is 4. The van der Waals surface area contributed by atoms with E-state index in [1.54, 1.807) is 11.1 Å². The molecule has 1 aliphatic carbocycles. The molecule has 2 aromatic heterocycles. The summed E-state index contributed by atoms with van der Waals surface area (Å²) in [5, 5.41) is 2.71. The fourth-order valence-electron chi connectivity index (χ4n) is 8.58. The zero-order valence-electron chi connectivity index (χ0n) is 32.9. The van der Waals surface area contributed by atoms with Gasteiger partial charge < -0.3 is 29.8 Å². The van der Waals surface area contributed by atoms with Gasteiger partial charge in [0.1, 0.15) is 17.7 Å².